The number of hydrogen-bond donors (Lipinski definition) is 0. The summed E-state index contributed by atoms with van der Waals surface area (Å²) in [5.41, 5.74) is 27.4. The number of nitriles is 2. The first-order valence-corrected chi connectivity index (χ1v) is 40.1. The number of benzene rings is 17. The quantitative estimate of drug-likeness (QED) is 0.130. The average molecular weight is 1530 g/mol. The summed E-state index contributed by atoms with van der Waals surface area (Å²) in [6.45, 7) is 0. The van der Waals surface area contributed by atoms with Crippen LogP contribution in [0.2, 0.25) is 0 Å². The van der Waals surface area contributed by atoms with Crippen molar-refractivity contribution < 1.29 is 9.47 Å². The maximum absolute atomic E-state index is 9.47. The van der Waals surface area contributed by atoms with Crippen LogP contribution in [-0.2, 0) is 10.8 Å². The Balaban J connectivity index is 0.000000144. The van der Waals surface area contributed by atoms with Crippen LogP contribution >= 0.6 is 0 Å². The Kier molecular flexibility index (Phi) is 16.9. The number of para-hydroxylation sites is 4. The molecular formula is C110H66N8O2. The van der Waals surface area contributed by atoms with Crippen LogP contribution in [0.3, 0.4) is 0 Å². The highest BCUT2D eigenvalue weighted by molar-refractivity contribution is 6.07. The van der Waals surface area contributed by atoms with Gasteiger partial charge < -0.3 is 9.47 Å². The van der Waals surface area contributed by atoms with Gasteiger partial charge in [0, 0.05) is 66.8 Å². The van der Waals surface area contributed by atoms with Crippen molar-refractivity contribution in [3.05, 3.63) is 456 Å². The molecule has 120 heavy (non-hydrogen) atoms. The Hall–Kier alpha value is -16.4. The third-order valence-corrected chi connectivity index (χ3v) is 23.9. The zero-order valence-corrected chi connectivity index (χ0v) is 64.5. The molecule has 2 spiro atoms. The summed E-state index contributed by atoms with van der Waals surface area (Å²) in [5, 5.41) is 21.0. The molecule has 2 aliphatic heterocycles. The topological polar surface area (TPSA) is 143 Å². The predicted octanol–water partition coefficient (Wildman–Crippen LogP) is 26.2. The third kappa shape index (κ3) is 11.3. The molecule has 23 rings (SSSR count). The maximum Gasteiger partial charge on any atom is 0.164 e. The molecule has 0 amide bonds. The van der Waals surface area contributed by atoms with Gasteiger partial charge in [0.25, 0.3) is 0 Å². The van der Waals surface area contributed by atoms with Gasteiger partial charge in [-0.25, -0.2) is 29.9 Å². The van der Waals surface area contributed by atoms with E-state index in [1.807, 2.05) is 176 Å². The number of hydrogen-bond acceptors (Lipinski definition) is 10. The predicted molar refractivity (Wildman–Crippen MR) is 476 cm³/mol. The van der Waals surface area contributed by atoms with Crippen LogP contribution in [0.15, 0.2) is 400 Å². The second-order valence-electron chi connectivity index (χ2n) is 30.3. The Bertz CT molecular complexity index is 7300. The summed E-state index contributed by atoms with van der Waals surface area (Å²) in [6, 6.07) is 143. The normalized spacial score (nSPS) is 14.3. The first-order valence-electron chi connectivity index (χ1n) is 40.1. The molecule has 0 saturated carbocycles. The second-order valence-corrected chi connectivity index (χ2v) is 30.3. The van der Waals surface area contributed by atoms with Gasteiger partial charge in [-0.1, -0.05) is 364 Å². The summed E-state index contributed by atoms with van der Waals surface area (Å²) in [6.07, 6.45) is 0. The minimum absolute atomic E-state index is 0.615. The Morgan fingerprint density at radius 1 is 0.192 bits per heavy atom. The highest BCUT2D eigenvalue weighted by atomic mass is 16.5. The molecule has 0 N–H and O–H groups in total. The van der Waals surface area contributed by atoms with E-state index < -0.39 is 10.8 Å². The molecule has 0 bridgehead atoms. The monoisotopic (exact) mass is 1530 g/mol. The van der Waals surface area contributed by atoms with Crippen LogP contribution in [-0.4, -0.2) is 29.9 Å². The molecule has 2 aliphatic carbocycles. The number of aromatic nitrogens is 6. The zero-order chi connectivity index (χ0) is 79.8. The van der Waals surface area contributed by atoms with Gasteiger partial charge in [0.15, 0.2) is 34.9 Å². The lowest BCUT2D eigenvalue weighted by molar-refractivity contribution is 0.438. The van der Waals surface area contributed by atoms with Crippen LogP contribution in [0, 0.1) is 22.7 Å². The van der Waals surface area contributed by atoms with E-state index in [1.165, 1.54) is 11.1 Å². The summed E-state index contributed by atoms with van der Waals surface area (Å²) in [7, 11) is 0. The van der Waals surface area contributed by atoms with Crippen LogP contribution in [0.4, 0.5) is 0 Å². The lowest BCUT2D eigenvalue weighted by Crippen LogP contribution is -2.32. The van der Waals surface area contributed by atoms with E-state index in [9.17, 15) is 10.5 Å². The highest BCUT2D eigenvalue weighted by Gasteiger charge is 2.54. The van der Waals surface area contributed by atoms with Crippen molar-refractivity contribution in [2.75, 3.05) is 0 Å². The van der Waals surface area contributed by atoms with Gasteiger partial charge in [-0.2, -0.15) is 10.5 Å². The fraction of sp³-hybridized carbons (Fsp3) is 0.0182. The molecule has 17 aromatic carbocycles. The fourth-order valence-electron chi connectivity index (χ4n) is 18.7. The molecule has 0 radical (unpaired) electrons. The molecule has 2 unspecified atom stereocenters. The molecule has 4 heterocycles. The summed E-state index contributed by atoms with van der Waals surface area (Å²) < 4.78 is 14.2. The van der Waals surface area contributed by atoms with Crippen molar-refractivity contribution in [3.63, 3.8) is 0 Å². The van der Waals surface area contributed by atoms with Crippen molar-refractivity contribution in [2.45, 2.75) is 10.8 Å². The van der Waals surface area contributed by atoms with Gasteiger partial charge in [-0.15, -0.1) is 0 Å². The van der Waals surface area contributed by atoms with Crippen molar-refractivity contribution in [3.8, 4) is 170 Å². The van der Waals surface area contributed by atoms with Gasteiger partial charge in [-0.05, 0) is 125 Å². The maximum atomic E-state index is 9.47. The van der Waals surface area contributed by atoms with Gasteiger partial charge in [0.05, 0.1) is 34.1 Å². The zero-order valence-electron chi connectivity index (χ0n) is 64.5. The minimum Gasteiger partial charge on any atom is -0.456 e. The van der Waals surface area contributed by atoms with Gasteiger partial charge in [0.2, 0.25) is 0 Å². The van der Waals surface area contributed by atoms with E-state index in [0.717, 1.165) is 167 Å². The lowest BCUT2D eigenvalue weighted by atomic mass is 9.65. The van der Waals surface area contributed by atoms with Crippen molar-refractivity contribution in [1.29, 1.82) is 10.5 Å². The minimum atomic E-state index is -0.724. The van der Waals surface area contributed by atoms with E-state index in [2.05, 4.69) is 237 Å². The van der Waals surface area contributed by atoms with E-state index in [0.29, 0.717) is 46.1 Å². The average Bonchev–Trinajstić information content (AvgIpc) is 1.50. The van der Waals surface area contributed by atoms with E-state index in [1.54, 1.807) is 0 Å². The summed E-state index contributed by atoms with van der Waals surface area (Å²) >= 11 is 0. The Morgan fingerprint density at radius 2 is 0.483 bits per heavy atom. The van der Waals surface area contributed by atoms with E-state index in [4.69, 9.17) is 39.4 Å². The fourth-order valence-corrected chi connectivity index (χ4v) is 18.7. The van der Waals surface area contributed by atoms with Gasteiger partial charge in [0.1, 0.15) is 23.0 Å². The molecule has 558 valence electrons. The first-order chi connectivity index (χ1) is 59.4. The molecule has 2 aromatic heterocycles. The lowest BCUT2D eigenvalue weighted by Gasteiger charge is -2.40. The first kappa shape index (κ1) is 70.2. The molecule has 0 saturated heterocycles. The number of ether oxygens (including phenoxy) is 2. The van der Waals surface area contributed by atoms with Crippen molar-refractivity contribution >= 4 is 10.8 Å². The number of nitrogens with zero attached hydrogens (tertiary/aromatic N) is 8. The second kappa shape index (κ2) is 28.8. The van der Waals surface area contributed by atoms with E-state index >= 15 is 0 Å². The third-order valence-electron chi connectivity index (χ3n) is 23.9. The molecule has 10 heteroatoms. The number of fused-ring (bicyclic) bond motifs is 19. The van der Waals surface area contributed by atoms with Gasteiger partial charge in [-0.3, -0.25) is 0 Å². The molecule has 2 atom stereocenters. The molecular weight excluding hydrogens is 1470 g/mol. The molecule has 10 nitrogen and oxygen atoms in total. The van der Waals surface area contributed by atoms with Crippen LogP contribution in [0.1, 0.15) is 55.6 Å². The molecule has 0 fully saturated rings. The Morgan fingerprint density at radius 3 is 0.917 bits per heavy atom. The van der Waals surface area contributed by atoms with Crippen molar-refractivity contribution in [2.24, 2.45) is 0 Å². The van der Waals surface area contributed by atoms with E-state index in [-0.39, 0.29) is 0 Å². The molecule has 4 aliphatic rings. The smallest absolute Gasteiger partial charge is 0.164 e. The molecule has 19 aromatic rings. The summed E-state index contributed by atoms with van der Waals surface area (Å²) in [4.78, 5) is 30.9. The largest absolute Gasteiger partial charge is 0.456 e. The number of rotatable bonds is 10. The summed E-state index contributed by atoms with van der Waals surface area (Å²) in [5.74, 6) is 7.02. The standard InChI is InChI=1S/C57H34N4O.C53H32N4O/c58-35-36-29-31-37(32-30-36)40-33-34-43(42-20-8-7-19-41(40)42)44-22-13-27-50-53(44)62-51-28-12-11-25-48(51)57(50)47-24-10-9-21-45(47)52-46(23-14-26-49(52)57)56-60-54(38-15-3-1-4-16-38)59-55(61-56)39-17-5-2-6-18-39;54-33-34-25-27-35(28-26-34)36-29-31-37(32-30-36)40-18-11-23-46-49(40)58-47-24-10-9-21-44(47)53(46)43-20-8-7-17-41(43)48-42(19-12-22-45(48)53)52-56-50(38-13-3-1-4-14-38)55-51(57-52)39-15-5-2-6-16-39/h1-34H;1-32H. The Labute approximate surface area is 693 Å². The van der Waals surface area contributed by atoms with Crippen molar-refractivity contribution in [1.82, 2.24) is 29.9 Å². The highest BCUT2D eigenvalue weighted by Crippen LogP contribution is 2.67. The van der Waals surface area contributed by atoms with Gasteiger partial charge >= 0.3 is 0 Å². The van der Waals surface area contributed by atoms with Crippen LogP contribution < -0.4 is 9.47 Å². The SMILES string of the molecule is N#Cc1ccc(-c2ccc(-c3cccc4c3Oc3ccccc3C43c4ccccc4-c4c(-c5nc(-c6ccccc6)nc(-c6ccccc6)n5)cccc43)c3ccccc23)cc1.N#Cc1ccc(-c2ccc(-c3cccc4c3Oc3ccccc3C43c4ccccc4-c4c(-c5nc(-c6ccccc6)nc(-c6ccccc6)n5)cccc43)cc2)cc1. The van der Waals surface area contributed by atoms with Crippen LogP contribution in [0.25, 0.3) is 146 Å². The van der Waals surface area contributed by atoms with Crippen LogP contribution in [0.5, 0.6) is 23.0 Å².